The maximum Gasteiger partial charge on any atom is 0.255 e. The van der Waals surface area contributed by atoms with Crippen molar-refractivity contribution >= 4 is 29.4 Å². The lowest BCUT2D eigenvalue weighted by molar-refractivity contribution is 0.102. The molecule has 0 aliphatic carbocycles. The fraction of sp³-hybridized carbons (Fsp3) is 0.222. The Morgan fingerprint density at radius 1 is 1.18 bits per heavy atom. The molecule has 0 spiro atoms. The molecule has 3 nitrogen and oxygen atoms in total. The van der Waals surface area contributed by atoms with Gasteiger partial charge in [-0.1, -0.05) is 30.7 Å². The van der Waals surface area contributed by atoms with Gasteiger partial charge in [-0.05, 0) is 66.9 Å². The molecule has 2 aromatic carbocycles. The first kappa shape index (κ1) is 16.2. The lowest BCUT2D eigenvalue weighted by atomic mass is 9.98. The first-order valence-corrected chi connectivity index (χ1v) is 7.66. The first-order valence-electron chi connectivity index (χ1n) is 7.29. The Hall–Kier alpha value is -2.13. The molecule has 0 fully saturated rings. The van der Waals surface area contributed by atoms with Gasteiger partial charge >= 0.3 is 0 Å². The number of benzene rings is 2. The van der Waals surface area contributed by atoms with Crippen molar-refractivity contribution in [2.24, 2.45) is 5.92 Å². The number of hydrogen-bond acceptors (Lipinski definition) is 2. The van der Waals surface area contributed by atoms with Crippen molar-refractivity contribution in [3.63, 3.8) is 0 Å². The first-order chi connectivity index (χ1) is 10.6. The van der Waals surface area contributed by atoms with Crippen LogP contribution in [0.1, 0.15) is 29.3 Å². The number of rotatable bonds is 6. The molecule has 22 heavy (non-hydrogen) atoms. The minimum Gasteiger partial charge on any atom is -0.322 e. The third-order valence-corrected chi connectivity index (χ3v) is 3.83. The second-order valence-electron chi connectivity index (χ2n) is 5.20. The van der Waals surface area contributed by atoms with Crippen LogP contribution in [0.2, 0.25) is 5.02 Å². The van der Waals surface area contributed by atoms with Gasteiger partial charge in [-0.2, -0.15) is 0 Å². The molecule has 0 heterocycles. The van der Waals surface area contributed by atoms with Crippen molar-refractivity contribution < 1.29 is 4.79 Å². The van der Waals surface area contributed by atoms with Gasteiger partial charge in [-0.25, -0.2) is 0 Å². The topological polar surface area (TPSA) is 53.0 Å². The Bertz CT molecular complexity index is 635. The van der Waals surface area contributed by atoms with Gasteiger partial charge in [-0.3, -0.25) is 4.79 Å². The lowest BCUT2D eigenvalue weighted by Gasteiger charge is -2.10. The van der Waals surface area contributed by atoms with Gasteiger partial charge in [0.25, 0.3) is 5.91 Å². The second kappa shape index (κ2) is 7.76. The third kappa shape index (κ3) is 4.43. The van der Waals surface area contributed by atoms with Crippen LogP contribution in [-0.2, 0) is 6.42 Å². The van der Waals surface area contributed by atoms with Crippen molar-refractivity contribution in [2.45, 2.75) is 19.8 Å². The number of anilines is 1. The molecule has 114 valence electrons. The van der Waals surface area contributed by atoms with E-state index in [2.05, 4.69) is 12.2 Å². The molecule has 1 unspecified atom stereocenters. The number of carbonyl (C=O) groups is 1. The number of carbonyl (C=O) groups excluding carboxylic acids is 1. The highest BCUT2D eigenvalue weighted by atomic mass is 35.5. The molecule has 4 heteroatoms. The van der Waals surface area contributed by atoms with E-state index in [-0.39, 0.29) is 11.8 Å². The lowest BCUT2D eigenvalue weighted by Crippen LogP contribution is -2.11. The summed E-state index contributed by atoms with van der Waals surface area (Å²) in [6, 6.07) is 14.5. The average Bonchev–Trinajstić information content (AvgIpc) is 2.54. The van der Waals surface area contributed by atoms with Crippen molar-refractivity contribution in [3.8, 4) is 0 Å². The molecular formula is C18H19ClN2O. The highest BCUT2D eigenvalue weighted by molar-refractivity contribution is 6.30. The molecule has 0 saturated heterocycles. The van der Waals surface area contributed by atoms with E-state index < -0.39 is 0 Å². The Morgan fingerprint density at radius 2 is 1.82 bits per heavy atom. The minimum absolute atomic E-state index is 0.157. The van der Waals surface area contributed by atoms with Crippen LogP contribution in [0.4, 0.5) is 5.69 Å². The Balaban J connectivity index is 2.00. The van der Waals surface area contributed by atoms with Gasteiger partial charge in [0.1, 0.15) is 0 Å². The summed E-state index contributed by atoms with van der Waals surface area (Å²) in [7, 11) is 0. The zero-order valence-electron chi connectivity index (χ0n) is 12.5. The van der Waals surface area contributed by atoms with Crippen LogP contribution in [0.15, 0.2) is 48.5 Å². The van der Waals surface area contributed by atoms with Gasteiger partial charge in [0.2, 0.25) is 0 Å². The molecule has 0 radical (unpaired) electrons. The van der Waals surface area contributed by atoms with Crippen molar-refractivity contribution in [1.82, 2.24) is 0 Å². The zero-order valence-corrected chi connectivity index (χ0v) is 13.2. The monoisotopic (exact) mass is 314 g/mol. The van der Waals surface area contributed by atoms with E-state index in [1.807, 2.05) is 24.3 Å². The number of hydrogen-bond donors (Lipinski definition) is 2. The largest absolute Gasteiger partial charge is 0.322 e. The summed E-state index contributed by atoms with van der Waals surface area (Å²) in [5, 5.41) is 10.8. The summed E-state index contributed by atoms with van der Waals surface area (Å²) >= 11 is 5.81. The van der Waals surface area contributed by atoms with Gasteiger partial charge in [0.05, 0.1) is 0 Å². The minimum atomic E-state index is -0.157. The molecule has 2 rings (SSSR count). The summed E-state index contributed by atoms with van der Waals surface area (Å²) in [5.74, 6) is 0.116. The highest BCUT2D eigenvalue weighted by Crippen LogP contribution is 2.16. The Labute approximate surface area is 135 Å². The van der Waals surface area contributed by atoms with Crippen LogP contribution >= 0.6 is 11.6 Å². The van der Waals surface area contributed by atoms with Crippen molar-refractivity contribution in [3.05, 3.63) is 64.7 Å². The molecule has 2 aromatic rings. The summed E-state index contributed by atoms with van der Waals surface area (Å²) < 4.78 is 0. The van der Waals surface area contributed by atoms with Gasteiger partial charge < -0.3 is 10.7 Å². The molecule has 2 N–H and O–H groups in total. The predicted molar refractivity (Wildman–Crippen MR) is 92.1 cm³/mol. The van der Waals surface area contributed by atoms with Gasteiger partial charge in [0, 0.05) is 16.3 Å². The van der Waals surface area contributed by atoms with Crippen molar-refractivity contribution in [2.75, 3.05) is 5.32 Å². The molecule has 1 atom stereocenters. The van der Waals surface area contributed by atoms with Crippen LogP contribution in [0, 0.1) is 11.3 Å². The molecule has 1 amide bonds. The predicted octanol–water partition coefficient (Wildman–Crippen LogP) is 4.81. The molecule has 0 aliphatic heterocycles. The van der Waals surface area contributed by atoms with Crippen LogP contribution in [0.25, 0.3) is 0 Å². The molecular weight excluding hydrogens is 296 g/mol. The summed E-state index contributed by atoms with van der Waals surface area (Å²) in [5.41, 5.74) is 2.50. The Morgan fingerprint density at radius 3 is 2.36 bits per heavy atom. The number of amides is 1. The number of halogens is 1. The van der Waals surface area contributed by atoms with Gasteiger partial charge in [-0.15, -0.1) is 0 Å². The normalized spacial score (nSPS) is 11.7. The summed E-state index contributed by atoms with van der Waals surface area (Å²) in [4.78, 5) is 12.1. The third-order valence-electron chi connectivity index (χ3n) is 3.58. The van der Waals surface area contributed by atoms with E-state index in [9.17, 15) is 4.79 Å². The van der Waals surface area contributed by atoms with E-state index >= 15 is 0 Å². The van der Waals surface area contributed by atoms with E-state index in [1.54, 1.807) is 24.3 Å². The molecule has 0 bridgehead atoms. The highest BCUT2D eigenvalue weighted by Gasteiger charge is 2.07. The number of nitrogens with one attached hydrogen (secondary N) is 2. The van der Waals surface area contributed by atoms with E-state index in [0.29, 0.717) is 10.6 Å². The zero-order chi connectivity index (χ0) is 15.9. The maximum absolute atomic E-state index is 12.1. The van der Waals surface area contributed by atoms with E-state index in [4.69, 9.17) is 17.0 Å². The van der Waals surface area contributed by atoms with Crippen LogP contribution in [-0.4, -0.2) is 12.1 Å². The average molecular weight is 315 g/mol. The van der Waals surface area contributed by atoms with E-state index in [1.165, 1.54) is 11.8 Å². The van der Waals surface area contributed by atoms with Crippen LogP contribution < -0.4 is 5.32 Å². The standard InChI is InChI=1S/C18H19ClN2O/c1-2-13(12-20)11-14-3-9-17(10-4-14)21-18(22)15-5-7-16(19)8-6-15/h3-10,12-13,20H,2,11H2,1H3,(H,21,22). The molecule has 0 aromatic heterocycles. The van der Waals surface area contributed by atoms with Gasteiger partial charge in [0.15, 0.2) is 0 Å². The fourth-order valence-electron chi connectivity index (χ4n) is 2.15. The Kier molecular flexibility index (Phi) is 5.73. The maximum atomic E-state index is 12.1. The van der Waals surface area contributed by atoms with Crippen LogP contribution in [0.3, 0.4) is 0 Å². The summed E-state index contributed by atoms with van der Waals surface area (Å²) in [6.07, 6.45) is 3.31. The second-order valence-corrected chi connectivity index (χ2v) is 5.63. The van der Waals surface area contributed by atoms with E-state index in [0.717, 1.165) is 18.5 Å². The van der Waals surface area contributed by atoms with Crippen LogP contribution in [0.5, 0.6) is 0 Å². The van der Waals surface area contributed by atoms with Crippen molar-refractivity contribution in [1.29, 1.82) is 5.41 Å². The quantitative estimate of drug-likeness (QED) is 0.738. The SMILES string of the molecule is CCC(C=N)Cc1ccc(NC(=O)c2ccc(Cl)cc2)cc1. The smallest absolute Gasteiger partial charge is 0.255 e. The molecule has 0 saturated carbocycles. The fourth-order valence-corrected chi connectivity index (χ4v) is 2.28. The molecule has 0 aliphatic rings. The summed E-state index contributed by atoms with van der Waals surface area (Å²) in [6.45, 7) is 2.08.